The van der Waals surface area contributed by atoms with Gasteiger partial charge in [-0.1, -0.05) is 40.9 Å². The Morgan fingerprint density at radius 1 is 1.17 bits per heavy atom. The monoisotopic (exact) mass is 551 g/mol. The Labute approximate surface area is 217 Å². The standard InChI is InChI=1S/C28H27BrFN3O3/c1-17-6-9-20(31-14-17)16-36-21-10-11-25-26(13-21)33(15-18-7-8-19(29)12-24(18)30)27(32-25)22-4-2-3-5-23(22)28(34)35/h6-14,22-23H,2-5,15-16H2,1H3,(H,34,35)/t22-,23?/m0/s1. The second-order valence-electron chi connectivity index (χ2n) is 9.39. The molecule has 0 spiro atoms. The predicted molar refractivity (Wildman–Crippen MR) is 139 cm³/mol. The summed E-state index contributed by atoms with van der Waals surface area (Å²) in [7, 11) is 0. The van der Waals surface area contributed by atoms with E-state index >= 15 is 0 Å². The number of ether oxygens (including phenoxy) is 1. The van der Waals surface area contributed by atoms with E-state index in [4.69, 9.17) is 9.72 Å². The Morgan fingerprint density at radius 2 is 2.00 bits per heavy atom. The summed E-state index contributed by atoms with van der Waals surface area (Å²) in [6, 6.07) is 14.5. The van der Waals surface area contributed by atoms with Crippen molar-refractivity contribution in [2.45, 2.75) is 51.7 Å². The lowest BCUT2D eigenvalue weighted by molar-refractivity contribution is -0.143. The minimum absolute atomic E-state index is 0.233. The Bertz CT molecular complexity index is 1400. The number of aromatic nitrogens is 3. The van der Waals surface area contributed by atoms with Crippen molar-refractivity contribution in [3.8, 4) is 5.75 Å². The number of pyridine rings is 1. The number of hydrogen-bond donors (Lipinski definition) is 1. The van der Waals surface area contributed by atoms with Crippen LogP contribution in [0.5, 0.6) is 5.75 Å². The van der Waals surface area contributed by atoms with Gasteiger partial charge in [0.15, 0.2) is 0 Å². The number of imidazole rings is 1. The van der Waals surface area contributed by atoms with E-state index in [1.54, 1.807) is 18.3 Å². The molecule has 1 saturated carbocycles. The van der Waals surface area contributed by atoms with E-state index in [0.717, 1.165) is 41.6 Å². The van der Waals surface area contributed by atoms with Gasteiger partial charge in [0.05, 0.1) is 29.2 Å². The SMILES string of the molecule is Cc1ccc(COc2ccc3nc([C@H]4CCCCC4C(=O)O)n(Cc4ccc(Br)cc4F)c3c2)nc1. The molecular weight excluding hydrogens is 525 g/mol. The van der Waals surface area contributed by atoms with Gasteiger partial charge in [-0.2, -0.15) is 0 Å². The Kier molecular flexibility index (Phi) is 7.05. The lowest BCUT2D eigenvalue weighted by atomic mass is 9.78. The van der Waals surface area contributed by atoms with Crippen molar-refractivity contribution in [1.82, 2.24) is 14.5 Å². The van der Waals surface area contributed by atoms with Crippen molar-refractivity contribution in [3.63, 3.8) is 0 Å². The summed E-state index contributed by atoms with van der Waals surface area (Å²) >= 11 is 3.32. The van der Waals surface area contributed by atoms with Gasteiger partial charge in [-0.3, -0.25) is 9.78 Å². The topological polar surface area (TPSA) is 77.2 Å². The number of fused-ring (bicyclic) bond motifs is 1. The van der Waals surface area contributed by atoms with Crippen molar-refractivity contribution in [2.75, 3.05) is 0 Å². The van der Waals surface area contributed by atoms with Crippen molar-refractivity contribution < 1.29 is 19.0 Å². The Balaban J connectivity index is 1.55. The number of hydrogen-bond acceptors (Lipinski definition) is 4. The molecule has 2 atom stereocenters. The van der Waals surface area contributed by atoms with E-state index in [-0.39, 0.29) is 18.3 Å². The summed E-state index contributed by atoms with van der Waals surface area (Å²) in [5, 5.41) is 9.91. The molecule has 1 aliphatic rings. The van der Waals surface area contributed by atoms with E-state index in [1.165, 1.54) is 6.07 Å². The molecule has 4 aromatic rings. The first-order valence-corrected chi connectivity index (χ1v) is 12.9. The molecule has 0 bridgehead atoms. The summed E-state index contributed by atoms with van der Waals surface area (Å²) in [5.74, 6) is -0.532. The van der Waals surface area contributed by atoms with Crippen LogP contribution in [0.4, 0.5) is 4.39 Å². The van der Waals surface area contributed by atoms with E-state index in [2.05, 4.69) is 20.9 Å². The molecule has 1 aliphatic carbocycles. The number of aryl methyl sites for hydroxylation is 1. The quantitative estimate of drug-likeness (QED) is 0.279. The van der Waals surface area contributed by atoms with E-state index in [9.17, 15) is 14.3 Å². The van der Waals surface area contributed by atoms with Gasteiger partial charge in [-0.25, -0.2) is 9.37 Å². The van der Waals surface area contributed by atoms with Crippen LogP contribution in [-0.4, -0.2) is 25.6 Å². The summed E-state index contributed by atoms with van der Waals surface area (Å²) in [4.78, 5) is 21.4. The van der Waals surface area contributed by atoms with Crippen molar-refractivity contribution >= 4 is 32.9 Å². The fourth-order valence-corrected chi connectivity index (χ4v) is 5.29. The van der Waals surface area contributed by atoms with Gasteiger partial charge >= 0.3 is 5.97 Å². The van der Waals surface area contributed by atoms with Gasteiger partial charge in [0.2, 0.25) is 0 Å². The highest BCUT2D eigenvalue weighted by Crippen LogP contribution is 2.39. The molecule has 6 nitrogen and oxygen atoms in total. The maximum atomic E-state index is 14.8. The van der Waals surface area contributed by atoms with Gasteiger partial charge in [0, 0.05) is 28.2 Å². The van der Waals surface area contributed by atoms with Crippen LogP contribution >= 0.6 is 15.9 Å². The Morgan fingerprint density at radius 3 is 2.75 bits per heavy atom. The van der Waals surface area contributed by atoms with Gasteiger partial charge in [0.25, 0.3) is 0 Å². The summed E-state index contributed by atoms with van der Waals surface area (Å²) < 4.78 is 23.5. The van der Waals surface area contributed by atoms with Gasteiger partial charge in [-0.05, 0) is 55.7 Å². The second-order valence-corrected chi connectivity index (χ2v) is 10.3. The molecule has 186 valence electrons. The summed E-state index contributed by atoms with van der Waals surface area (Å²) in [6.45, 7) is 2.55. The third-order valence-corrected chi connectivity index (χ3v) is 7.36. The smallest absolute Gasteiger partial charge is 0.307 e. The van der Waals surface area contributed by atoms with Crippen LogP contribution < -0.4 is 4.74 Å². The highest BCUT2D eigenvalue weighted by atomic mass is 79.9. The fourth-order valence-electron chi connectivity index (χ4n) is 4.96. The fraction of sp³-hybridized carbons (Fsp3) is 0.321. The highest BCUT2D eigenvalue weighted by Gasteiger charge is 2.35. The maximum absolute atomic E-state index is 14.8. The van der Waals surface area contributed by atoms with Gasteiger partial charge in [0.1, 0.15) is 24.0 Å². The number of carboxylic acids is 1. The number of carbonyl (C=O) groups is 1. The molecular formula is C28H27BrFN3O3. The van der Waals surface area contributed by atoms with Crippen LogP contribution in [-0.2, 0) is 17.9 Å². The number of nitrogens with zero attached hydrogens (tertiary/aromatic N) is 3. The first-order valence-electron chi connectivity index (χ1n) is 12.1. The van der Waals surface area contributed by atoms with Crippen molar-refractivity contribution in [2.24, 2.45) is 5.92 Å². The molecule has 36 heavy (non-hydrogen) atoms. The zero-order valence-corrected chi connectivity index (χ0v) is 21.5. The maximum Gasteiger partial charge on any atom is 0.307 e. The molecule has 0 aliphatic heterocycles. The number of benzene rings is 2. The number of carboxylic acid groups (broad SMARTS) is 1. The molecule has 8 heteroatoms. The lowest BCUT2D eigenvalue weighted by Gasteiger charge is -2.28. The number of halogens is 2. The van der Waals surface area contributed by atoms with Crippen LogP contribution in [0.15, 0.2) is 59.2 Å². The third-order valence-electron chi connectivity index (χ3n) is 6.87. The number of aliphatic carboxylic acids is 1. The molecule has 0 saturated heterocycles. The molecule has 0 amide bonds. The molecule has 1 fully saturated rings. The number of rotatable bonds is 7. The minimum atomic E-state index is -0.803. The minimum Gasteiger partial charge on any atom is -0.487 e. The molecule has 5 rings (SSSR count). The summed E-state index contributed by atoms with van der Waals surface area (Å²) in [6.07, 6.45) is 5.00. The normalized spacial score (nSPS) is 17.9. The van der Waals surface area contributed by atoms with Crippen LogP contribution in [0.25, 0.3) is 11.0 Å². The van der Waals surface area contributed by atoms with Crippen LogP contribution in [0.2, 0.25) is 0 Å². The largest absolute Gasteiger partial charge is 0.487 e. The summed E-state index contributed by atoms with van der Waals surface area (Å²) in [5.41, 5.74) is 3.93. The van der Waals surface area contributed by atoms with E-state index in [1.807, 2.05) is 41.8 Å². The van der Waals surface area contributed by atoms with Crippen LogP contribution in [0.3, 0.4) is 0 Å². The average molecular weight is 552 g/mol. The lowest BCUT2D eigenvalue weighted by Crippen LogP contribution is -2.28. The molecule has 2 heterocycles. The second kappa shape index (κ2) is 10.4. The van der Waals surface area contributed by atoms with E-state index < -0.39 is 11.9 Å². The average Bonchev–Trinajstić information content (AvgIpc) is 3.22. The van der Waals surface area contributed by atoms with Crippen molar-refractivity contribution in [1.29, 1.82) is 0 Å². The molecule has 2 aromatic carbocycles. The van der Waals surface area contributed by atoms with Crippen LogP contribution in [0.1, 0.15) is 54.2 Å². The van der Waals surface area contributed by atoms with Gasteiger partial charge in [-0.15, -0.1) is 0 Å². The molecule has 0 radical (unpaired) electrons. The zero-order chi connectivity index (χ0) is 25.2. The third kappa shape index (κ3) is 5.14. The van der Waals surface area contributed by atoms with E-state index in [0.29, 0.717) is 34.6 Å². The molecule has 1 unspecified atom stereocenters. The predicted octanol–water partition coefficient (Wildman–Crippen LogP) is 6.63. The first-order chi connectivity index (χ1) is 17.4. The molecule has 2 aromatic heterocycles. The molecule has 1 N–H and O–H groups in total. The van der Waals surface area contributed by atoms with Gasteiger partial charge < -0.3 is 14.4 Å². The highest BCUT2D eigenvalue weighted by molar-refractivity contribution is 9.10. The Hall–Kier alpha value is -3.26. The van der Waals surface area contributed by atoms with Crippen LogP contribution in [0, 0.1) is 18.7 Å². The zero-order valence-electron chi connectivity index (χ0n) is 20.0. The first kappa shape index (κ1) is 24.4. The van der Waals surface area contributed by atoms with Crippen molar-refractivity contribution in [3.05, 3.63) is 87.7 Å².